The highest BCUT2D eigenvalue weighted by molar-refractivity contribution is 4.96. The fourth-order valence-corrected chi connectivity index (χ4v) is 1.86. The molecule has 7 heteroatoms. The number of alkyl halides is 3. The standard InChI is InChI=1S/C10H14F3N3O/c11-10(12,13)4-1-8-15-9(17-16-8)7-2-5-14-6-3-7/h7,14H,1-6H2. The molecule has 17 heavy (non-hydrogen) atoms. The van der Waals surface area contributed by atoms with Gasteiger partial charge in [-0.25, -0.2) is 0 Å². The normalized spacial score (nSPS) is 18.5. The molecule has 1 aromatic heterocycles. The summed E-state index contributed by atoms with van der Waals surface area (Å²) in [6, 6.07) is 0. The second kappa shape index (κ2) is 5.03. The van der Waals surface area contributed by atoms with E-state index in [-0.39, 0.29) is 18.2 Å². The first kappa shape index (κ1) is 12.3. The highest BCUT2D eigenvalue weighted by atomic mass is 19.4. The van der Waals surface area contributed by atoms with Crippen LogP contribution in [0.1, 0.15) is 36.9 Å². The van der Waals surface area contributed by atoms with Gasteiger partial charge in [-0.3, -0.25) is 0 Å². The Morgan fingerprint density at radius 1 is 1.29 bits per heavy atom. The van der Waals surface area contributed by atoms with Crippen molar-refractivity contribution in [3.05, 3.63) is 11.7 Å². The molecule has 0 amide bonds. The molecule has 1 aliphatic heterocycles. The molecule has 0 unspecified atom stereocenters. The number of nitrogens with one attached hydrogen (secondary N) is 1. The van der Waals surface area contributed by atoms with Crippen molar-refractivity contribution in [2.24, 2.45) is 0 Å². The van der Waals surface area contributed by atoms with Crippen LogP contribution in [-0.4, -0.2) is 29.4 Å². The van der Waals surface area contributed by atoms with E-state index < -0.39 is 12.6 Å². The van der Waals surface area contributed by atoms with Crippen molar-refractivity contribution in [1.29, 1.82) is 0 Å². The van der Waals surface area contributed by atoms with Crippen molar-refractivity contribution < 1.29 is 17.7 Å². The predicted molar refractivity (Wildman–Crippen MR) is 53.5 cm³/mol. The third kappa shape index (κ3) is 3.69. The Hall–Kier alpha value is -1.11. The minimum atomic E-state index is -4.17. The molecule has 0 aliphatic carbocycles. The van der Waals surface area contributed by atoms with E-state index in [1.165, 1.54) is 0 Å². The molecule has 0 atom stereocenters. The zero-order valence-electron chi connectivity index (χ0n) is 9.26. The molecule has 1 fully saturated rings. The van der Waals surface area contributed by atoms with Crippen molar-refractivity contribution in [3.63, 3.8) is 0 Å². The van der Waals surface area contributed by atoms with Crippen molar-refractivity contribution >= 4 is 0 Å². The van der Waals surface area contributed by atoms with Crippen LogP contribution >= 0.6 is 0 Å². The minimum absolute atomic E-state index is 0.149. The van der Waals surface area contributed by atoms with E-state index in [1.807, 2.05) is 0 Å². The highest BCUT2D eigenvalue weighted by Crippen LogP contribution is 2.25. The summed E-state index contributed by atoms with van der Waals surface area (Å²) in [4.78, 5) is 4.03. The first-order valence-electron chi connectivity index (χ1n) is 5.64. The Morgan fingerprint density at radius 3 is 2.65 bits per heavy atom. The maximum absolute atomic E-state index is 12.0. The molecule has 1 N–H and O–H groups in total. The lowest BCUT2D eigenvalue weighted by Gasteiger charge is -2.18. The molecule has 1 aliphatic rings. The van der Waals surface area contributed by atoms with Gasteiger partial charge in [0.05, 0.1) is 6.42 Å². The van der Waals surface area contributed by atoms with Crippen LogP contribution in [0.2, 0.25) is 0 Å². The molecule has 2 rings (SSSR count). The zero-order valence-corrected chi connectivity index (χ0v) is 9.26. The Labute approximate surface area is 96.6 Å². The molecular weight excluding hydrogens is 235 g/mol. The average Bonchev–Trinajstić information content (AvgIpc) is 2.75. The third-order valence-corrected chi connectivity index (χ3v) is 2.80. The van der Waals surface area contributed by atoms with Gasteiger partial charge in [0.15, 0.2) is 5.82 Å². The summed E-state index contributed by atoms with van der Waals surface area (Å²) in [6.07, 6.45) is -3.51. The second-order valence-corrected chi connectivity index (χ2v) is 4.19. The van der Waals surface area contributed by atoms with Gasteiger partial charge in [-0.05, 0) is 25.9 Å². The van der Waals surface area contributed by atoms with Crippen molar-refractivity contribution in [1.82, 2.24) is 15.5 Å². The van der Waals surface area contributed by atoms with Crippen molar-refractivity contribution in [2.75, 3.05) is 13.1 Å². The Kier molecular flexibility index (Phi) is 3.66. The van der Waals surface area contributed by atoms with Gasteiger partial charge in [0.2, 0.25) is 5.89 Å². The molecule has 0 saturated carbocycles. The summed E-state index contributed by atoms with van der Waals surface area (Å²) >= 11 is 0. The predicted octanol–water partition coefficient (Wildman–Crippen LogP) is 2.03. The topological polar surface area (TPSA) is 51.0 Å². The van der Waals surface area contributed by atoms with E-state index in [0.717, 1.165) is 25.9 Å². The van der Waals surface area contributed by atoms with Gasteiger partial charge in [-0.15, -0.1) is 0 Å². The number of aryl methyl sites for hydroxylation is 1. The lowest BCUT2D eigenvalue weighted by Crippen LogP contribution is -2.26. The SMILES string of the molecule is FC(F)(F)CCc1noc(C2CCNCC2)n1. The van der Waals surface area contributed by atoms with Gasteiger partial charge in [-0.1, -0.05) is 5.16 Å². The highest BCUT2D eigenvalue weighted by Gasteiger charge is 2.28. The van der Waals surface area contributed by atoms with Crippen LogP contribution in [0.4, 0.5) is 13.2 Å². The molecule has 1 saturated heterocycles. The number of halogens is 3. The Morgan fingerprint density at radius 2 is 2.00 bits per heavy atom. The summed E-state index contributed by atoms with van der Waals surface area (Å²) < 4.78 is 41.0. The summed E-state index contributed by atoms with van der Waals surface area (Å²) in [5.41, 5.74) is 0. The van der Waals surface area contributed by atoms with Crippen LogP contribution in [0.25, 0.3) is 0 Å². The van der Waals surface area contributed by atoms with Crippen LogP contribution in [0, 0.1) is 0 Å². The number of hydrogen-bond acceptors (Lipinski definition) is 4. The molecule has 0 radical (unpaired) electrons. The van der Waals surface area contributed by atoms with Gasteiger partial charge in [-0.2, -0.15) is 18.2 Å². The molecule has 4 nitrogen and oxygen atoms in total. The maximum atomic E-state index is 12.0. The van der Waals surface area contributed by atoms with E-state index >= 15 is 0 Å². The quantitative estimate of drug-likeness (QED) is 0.890. The molecule has 2 heterocycles. The molecule has 1 aromatic rings. The minimum Gasteiger partial charge on any atom is -0.339 e. The number of nitrogens with zero attached hydrogens (tertiary/aromatic N) is 2. The maximum Gasteiger partial charge on any atom is 0.389 e. The zero-order chi connectivity index (χ0) is 12.3. The molecule has 96 valence electrons. The van der Waals surface area contributed by atoms with Gasteiger partial charge >= 0.3 is 6.18 Å². The average molecular weight is 249 g/mol. The van der Waals surface area contributed by atoms with Gasteiger partial charge in [0, 0.05) is 12.3 Å². The number of rotatable bonds is 3. The van der Waals surface area contributed by atoms with E-state index in [4.69, 9.17) is 4.52 Å². The van der Waals surface area contributed by atoms with Crippen LogP contribution in [0.15, 0.2) is 4.52 Å². The van der Waals surface area contributed by atoms with Gasteiger partial charge in [0.1, 0.15) is 0 Å². The lowest BCUT2D eigenvalue weighted by atomic mass is 9.98. The van der Waals surface area contributed by atoms with E-state index in [2.05, 4.69) is 15.5 Å². The Bertz CT molecular complexity index is 358. The van der Waals surface area contributed by atoms with E-state index in [0.29, 0.717) is 5.89 Å². The van der Waals surface area contributed by atoms with Crippen LogP contribution < -0.4 is 5.32 Å². The molecule has 0 spiro atoms. The third-order valence-electron chi connectivity index (χ3n) is 2.80. The van der Waals surface area contributed by atoms with Crippen molar-refractivity contribution in [3.8, 4) is 0 Å². The van der Waals surface area contributed by atoms with Gasteiger partial charge < -0.3 is 9.84 Å². The largest absolute Gasteiger partial charge is 0.389 e. The summed E-state index contributed by atoms with van der Waals surface area (Å²) in [7, 11) is 0. The fraction of sp³-hybridized carbons (Fsp3) is 0.800. The van der Waals surface area contributed by atoms with Crippen LogP contribution in [0.5, 0.6) is 0 Å². The molecule has 0 bridgehead atoms. The molecule has 0 aromatic carbocycles. The summed E-state index contributed by atoms with van der Waals surface area (Å²) in [5.74, 6) is 0.808. The van der Waals surface area contributed by atoms with Gasteiger partial charge in [0.25, 0.3) is 0 Å². The van der Waals surface area contributed by atoms with Crippen LogP contribution in [-0.2, 0) is 6.42 Å². The summed E-state index contributed by atoms with van der Waals surface area (Å²) in [6.45, 7) is 1.76. The number of piperidine rings is 1. The fourth-order valence-electron chi connectivity index (χ4n) is 1.86. The molecular formula is C10H14F3N3O. The number of aromatic nitrogens is 2. The Balaban J connectivity index is 1.91. The summed E-state index contributed by atoms with van der Waals surface area (Å²) in [5, 5.41) is 6.79. The van der Waals surface area contributed by atoms with E-state index in [9.17, 15) is 13.2 Å². The number of hydrogen-bond donors (Lipinski definition) is 1. The monoisotopic (exact) mass is 249 g/mol. The lowest BCUT2D eigenvalue weighted by molar-refractivity contribution is -0.134. The van der Waals surface area contributed by atoms with Crippen molar-refractivity contribution in [2.45, 2.75) is 37.8 Å². The van der Waals surface area contributed by atoms with E-state index in [1.54, 1.807) is 0 Å². The van der Waals surface area contributed by atoms with Crippen LogP contribution in [0.3, 0.4) is 0 Å². The smallest absolute Gasteiger partial charge is 0.339 e. The first-order valence-corrected chi connectivity index (χ1v) is 5.64. The first-order chi connectivity index (χ1) is 8.04. The second-order valence-electron chi connectivity index (χ2n) is 4.19.